The maximum Gasteiger partial charge on any atom is 0.212 e. The van der Waals surface area contributed by atoms with Gasteiger partial charge in [-0.2, -0.15) is 4.57 Å². The topological polar surface area (TPSA) is 3.88 Å². The number of para-hydroxylation sites is 1. The third-order valence-electron chi connectivity index (χ3n) is 6.38. The highest BCUT2D eigenvalue weighted by molar-refractivity contribution is 7.98. The summed E-state index contributed by atoms with van der Waals surface area (Å²) in [5.41, 5.74) is 2.66. The molecule has 0 saturated heterocycles. The molecule has 1 heterocycles. The molecule has 1 aromatic heterocycles. The maximum atomic E-state index is 6.02. The van der Waals surface area contributed by atoms with Crippen molar-refractivity contribution in [2.24, 2.45) is 5.92 Å². The van der Waals surface area contributed by atoms with Crippen LogP contribution in [-0.2, 0) is 12.3 Å². The summed E-state index contributed by atoms with van der Waals surface area (Å²) in [6.07, 6.45) is 15.2. The summed E-state index contributed by atoms with van der Waals surface area (Å²) < 4.78 is 2.47. The van der Waals surface area contributed by atoms with Crippen LogP contribution in [0.3, 0.4) is 0 Å². The van der Waals surface area contributed by atoms with Crippen molar-refractivity contribution in [1.82, 2.24) is 0 Å². The van der Waals surface area contributed by atoms with Crippen molar-refractivity contribution in [3.63, 3.8) is 0 Å². The highest BCUT2D eigenvalue weighted by Crippen LogP contribution is 2.28. The largest absolute Gasteiger partial charge is 1.00 e. The van der Waals surface area contributed by atoms with Crippen LogP contribution in [0.4, 0.5) is 0 Å². The van der Waals surface area contributed by atoms with Gasteiger partial charge in [-0.15, -0.1) is 11.8 Å². The maximum absolute atomic E-state index is 6.02. The molecule has 1 fully saturated rings. The van der Waals surface area contributed by atoms with E-state index in [0.717, 1.165) is 23.2 Å². The third-order valence-corrected chi connectivity index (χ3v) is 7.67. The molecule has 0 spiro atoms. The van der Waals surface area contributed by atoms with E-state index < -0.39 is 0 Å². The van der Waals surface area contributed by atoms with E-state index in [1.165, 1.54) is 79.1 Å². The number of hydrogen-bond donors (Lipinski definition) is 0. The quantitative estimate of drug-likeness (QED) is 0.149. The Hall–Kier alpha value is -0.780. The summed E-state index contributed by atoms with van der Waals surface area (Å²) in [5, 5.41) is 2.14. The van der Waals surface area contributed by atoms with Gasteiger partial charge < -0.3 is 24.0 Å². The molecule has 0 bridgehead atoms. The Bertz CT molecular complexity index is 938. The van der Waals surface area contributed by atoms with Crippen LogP contribution in [0.5, 0.6) is 0 Å². The van der Waals surface area contributed by atoms with Gasteiger partial charge in [0.15, 0.2) is 6.20 Å². The van der Waals surface area contributed by atoms with Gasteiger partial charge in [-0.3, -0.25) is 0 Å². The molecular formula is C27H33ClINS. The normalized spacial score (nSPS) is 14.5. The molecule has 4 heteroatoms. The van der Waals surface area contributed by atoms with Crippen molar-refractivity contribution in [2.45, 2.75) is 75.0 Å². The zero-order chi connectivity index (χ0) is 20.6. The lowest BCUT2D eigenvalue weighted by molar-refractivity contribution is -0.673. The first-order valence-corrected chi connectivity index (χ1v) is 12.9. The van der Waals surface area contributed by atoms with Crippen molar-refractivity contribution in [1.29, 1.82) is 0 Å². The average Bonchev–Trinajstić information content (AvgIpc) is 2.79. The average molecular weight is 566 g/mol. The minimum Gasteiger partial charge on any atom is -1.00 e. The van der Waals surface area contributed by atoms with Gasteiger partial charge in [0, 0.05) is 28.6 Å². The van der Waals surface area contributed by atoms with Crippen LogP contribution in [0.2, 0.25) is 5.02 Å². The number of nitrogens with zero attached hydrogens (tertiary/aromatic N) is 1. The Morgan fingerprint density at radius 2 is 1.68 bits per heavy atom. The second-order valence-corrected chi connectivity index (χ2v) is 10.2. The number of pyridine rings is 1. The Morgan fingerprint density at radius 1 is 0.903 bits per heavy atom. The van der Waals surface area contributed by atoms with Crippen molar-refractivity contribution in [2.75, 3.05) is 0 Å². The number of benzene rings is 2. The molecule has 2 aromatic carbocycles. The van der Waals surface area contributed by atoms with Crippen molar-refractivity contribution in [3.05, 3.63) is 71.4 Å². The zero-order valence-electron chi connectivity index (χ0n) is 18.2. The number of rotatable bonds is 9. The molecule has 4 rings (SSSR count). The summed E-state index contributed by atoms with van der Waals surface area (Å²) in [5.74, 6) is 1.98. The van der Waals surface area contributed by atoms with E-state index >= 15 is 0 Å². The Labute approximate surface area is 214 Å². The van der Waals surface area contributed by atoms with Crippen LogP contribution in [0.1, 0.15) is 63.4 Å². The van der Waals surface area contributed by atoms with Crippen molar-refractivity contribution >= 4 is 34.3 Å². The van der Waals surface area contributed by atoms with Gasteiger partial charge in [0.2, 0.25) is 5.52 Å². The van der Waals surface area contributed by atoms with Crippen LogP contribution >= 0.6 is 23.4 Å². The number of halogens is 2. The van der Waals surface area contributed by atoms with Gasteiger partial charge in [-0.25, -0.2) is 0 Å². The molecule has 0 amide bonds. The summed E-state index contributed by atoms with van der Waals surface area (Å²) in [6.45, 7) is 1.11. The Kier molecular flexibility index (Phi) is 10.5. The van der Waals surface area contributed by atoms with E-state index in [9.17, 15) is 0 Å². The number of aromatic nitrogens is 1. The van der Waals surface area contributed by atoms with Crippen LogP contribution in [0.25, 0.3) is 10.9 Å². The SMILES string of the molecule is Clc1ccc(CSc2cc3ccccc3[n+](CCCCCC3CCCCC3)c2)cc1.[I-]. The molecule has 1 aliphatic carbocycles. The van der Waals surface area contributed by atoms with Crippen LogP contribution in [-0.4, -0.2) is 0 Å². The van der Waals surface area contributed by atoms with Gasteiger partial charge in [0.25, 0.3) is 0 Å². The van der Waals surface area contributed by atoms with Crippen molar-refractivity contribution < 1.29 is 28.5 Å². The molecule has 0 atom stereocenters. The fourth-order valence-corrected chi connectivity index (χ4v) is 5.73. The lowest BCUT2D eigenvalue weighted by Crippen LogP contribution is -3.00. The van der Waals surface area contributed by atoms with Crippen LogP contribution in [0, 0.1) is 5.92 Å². The summed E-state index contributed by atoms with van der Waals surface area (Å²) >= 11 is 7.93. The van der Waals surface area contributed by atoms with E-state index in [1.54, 1.807) is 0 Å². The Balaban J connectivity index is 0.00000272. The highest BCUT2D eigenvalue weighted by atomic mass is 127. The van der Waals surface area contributed by atoms with E-state index in [2.05, 4.69) is 53.2 Å². The molecule has 1 aliphatic rings. The number of unbranched alkanes of at least 4 members (excludes halogenated alkanes) is 2. The minimum absolute atomic E-state index is 0. The zero-order valence-corrected chi connectivity index (χ0v) is 22.0. The number of hydrogen-bond acceptors (Lipinski definition) is 1. The van der Waals surface area contributed by atoms with Gasteiger partial charge in [0.1, 0.15) is 6.54 Å². The predicted molar refractivity (Wildman–Crippen MR) is 130 cm³/mol. The molecular weight excluding hydrogens is 533 g/mol. The molecule has 1 saturated carbocycles. The molecule has 0 N–H and O–H groups in total. The number of fused-ring (bicyclic) bond motifs is 1. The molecule has 1 nitrogen and oxygen atoms in total. The molecule has 3 aromatic rings. The highest BCUT2D eigenvalue weighted by Gasteiger charge is 2.14. The van der Waals surface area contributed by atoms with Gasteiger partial charge in [-0.1, -0.05) is 80.8 Å². The first-order valence-electron chi connectivity index (χ1n) is 11.6. The Morgan fingerprint density at radius 3 is 2.48 bits per heavy atom. The molecule has 0 radical (unpaired) electrons. The number of thioether (sulfide) groups is 1. The third kappa shape index (κ3) is 7.64. The second-order valence-electron chi connectivity index (χ2n) is 8.70. The first kappa shape index (κ1) is 24.9. The molecule has 0 unspecified atom stereocenters. The fraction of sp³-hybridized carbons (Fsp3) is 0.444. The van der Waals surface area contributed by atoms with Gasteiger partial charge >= 0.3 is 0 Å². The standard InChI is InChI=1S/C27H33ClNS.HI/c28-25-16-14-23(15-17-25)21-30-26-19-24-12-6-7-13-27(24)29(20-26)18-8-2-5-11-22-9-3-1-4-10-22;/h6-7,12-17,19-20,22H,1-5,8-11,18,21H2;1H/q+1;/p-1. The summed E-state index contributed by atoms with van der Waals surface area (Å²) in [6, 6.07) is 19.3. The van der Waals surface area contributed by atoms with Crippen LogP contribution in [0.15, 0.2) is 65.7 Å². The number of aryl methyl sites for hydroxylation is 1. The summed E-state index contributed by atoms with van der Waals surface area (Å²) in [4.78, 5) is 1.34. The van der Waals surface area contributed by atoms with Crippen LogP contribution < -0.4 is 28.5 Å². The van der Waals surface area contributed by atoms with Gasteiger partial charge in [-0.05, 0) is 42.2 Å². The molecule has 166 valence electrons. The van der Waals surface area contributed by atoms with Crippen molar-refractivity contribution in [3.8, 4) is 0 Å². The fourth-order valence-electron chi connectivity index (χ4n) is 4.66. The van der Waals surface area contributed by atoms with E-state index in [4.69, 9.17) is 11.6 Å². The lowest BCUT2D eigenvalue weighted by Gasteiger charge is -2.21. The molecule has 31 heavy (non-hydrogen) atoms. The van der Waals surface area contributed by atoms with E-state index in [0.29, 0.717) is 0 Å². The smallest absolute Gasteiger partial charge is 0.212 e. The summed E-state index contributed by atoms with van der Waals surface area (Å²) in [7, 11) is 0. The predicted octanol–water partition coefficient (Wildman–Crippen LogP) is 5.22. The minimum atomic E-state index is 0. The monoisotopic (exact) mass is 565 g/mol. The second kappa shape index (κ2) is 13.1. The van der Waals surface area contributed by atoms with E-state index in [-0.39, 0.29) is 24.0 Å². The molecule has 0 aliphatic heterocycles. The van der Waals surface area contributed by atoms with E-state index in [1.807, 2.05) is 23.9 Å². The first-order chi connectivity index (χ1) is 14.8. The van der Waals surface area contributed by atoms with Gasteiger partial charge in [0.05, 0.1) is 4.90 Å². The lowest BCUT2D eigenvalue weighted by atomic mass is 9.85.